The Kier molecular flexibility index (Phi) is 4.15. The molecule has 0 atom stereocenters. The van der Waals surface area contributed by atoms with Gasteiger partial charge in [0.1, 0.15) is 5.01 Å². The van der Waals surface area contributed by atoms with Gasteiger partial charge in [-0.15, -0.1) is 10.2 Å². The van der Waals surface area contributed by atoms with E-state index in [2.05, 4.69) is 22.4 Å². The maximum Gasteiger partial charge on any atom is 0.254 e. The molecular weight excluding hydrogens is 284 g/mol. The van der Waals surface area contributed by atoms with E-state index in [-0.39, 0.29) is 5.91 Å². The van der Waals surface area contributed by atoms with Gasteiger partial charge in [0, 0.05) is 18.7 Å². The largest absolute Gasteiger partial charge is 0.360 e. The van der Waals surface area contributed by atoms with Gasteiger partial charge in [0.2, 0.25) is 5.13 Å². The molecule has 21 heavy (non-hydrogen) atoms. The van der Waals surface area contributed by atoms with Crippen molar-refractivity contribution in [1.82, 2.24) is 15.1 Å². The van der Waals surface area contributed by atoms with Crippen molar-refractivity contribution in [3.05, 3.63) is 40.4 Å². The highest BCUT2D eigenvalue weighted by atomic mass is 32.1. The Balaban J connectivity index is 1.69. The third-order valence-corrected chi connectivity index (χ3v) is 4.37. The Bertz CT molecular complexity index is 640. The normalized spacial score (nSPS) is 14.1. The number of fused-ring (bicyclic) bond motifs is 1. The van der Waals surface area contributed by atoms with E-state index in [4.69, 9.17) is 0 Å². The monoisotopic (exact) mass is 302 g/mol. The van der Waals surface area contributed by atoms with Crippen molar-refractivity contribution < 1.29 is 4.79 Å². The highest BCUT2D eigenvalue weighted by Crippen LogP contribution is 2.22. The Morgan fingerprint density at radius 3 is 3.05 bits per heavy atom. The second-order valence-electron chi connectivity index (χ2n) is 5.06. The molecule has 1 N–H and O–H groups in total. The van der Waals surface area contributed by atoms with E-state index < -0.39 is 0 Å². The Morgan fingerprint density at radius 1 is 1.33 bits per heavy atom. The zero-order valence-corrected chi connectivity index (χ0v) is 12.8. The minimum Gasteiger partial charge on any atom is -0.360 e. The number of rotatable bonds is 5. The lowest BCUT2D eigenvalue weighted by atomic mass is 9.99. The fourth-order valence-electron chi connectivity index (χ4n) is 2.41. The maximum absolute atomic E-state index is 12.5. The average molecular weight is 302 g/mol. The van der Waals surface area contributed by atoms with Crippen LogP contribution in [0.1, 0.15) is 34.3 Å². The van der Waals surface area contributed by atoms with Crippen molar-refractivity contribution in [2.24, 2.45) is 0 Å². The second-order valence-corrected chi connectivity index (χ2v) is 6.12. The zero-order chi connectivity index (χ0) is 14.7. The number of aromatic nitrogens is 2. The molecule has 1 aliphatic heterocycles. The molecule has 1 aromatic heterocycles. The van der Waals surface area contributed by atoms with Crippen LogP contribution in [0.4, 0.5) is 5.13 Å². The summed E-state index contributed by atoms with van der Waals surface area (Å²) in [6, 6.07) is 7.83. The molecule has 0 unspecified atom stereocenters. The molecule has 1 aliphatic rings. The molecule has 5 nitrogen and oxygen atoms in total. The number of anilines is 1. The summed E-state index contributed by atoms with van der Waals surface area (Å²) in [6.07, 6.45) is 1.96. The fraction of sp³-hybridized carbons (Fsp3) is 0.400. The minimum absolute atomic E-state index is 0.0927. The first kappa shape index (κ1) is 14.0. The van der Waals surface area contributed by atoms with E-state index in [9.17, 15) is 4.79 Å². The lowest BCUT2D eigenvalue weighted by molar-refractivity contribution is 0.0726. The van der Waals surface area contributed by atoms with E-state index in [0.717, 1.165) is 47.2 Å². The predicted molar refractivity (Wildman–Crippen MR) is 83.6 cm³/mol. The third-order valence-electron chi connectivity index (χ3n) is 3.51. The van der Waals surface area contributed by atoms with Crippen LogP contribution in [-0.2, 0) is 13.0 Å². The van der Waals surface area contributed by atoms with Gasteiger partial charge in [0.15, 0.2) is 0 Å². The standard InChI is InChI=1S/C15H18N4OS/c1-2-8-16-15-18-17-13(21-15)10-19-9-7-11-5-3-4-6-12(11)14(19)20/h3-6H,2,7-10H2,1H3,(H,16,18). The summed E-state index contributed by atoms with van der Waals surface area (Å²) in [7, 11) is 0. The molecule has 2 heterocycles. The van der Waals surface area contributed by atoms with Gasteiger partial charge in [-0.1, -0.05) is 36.5 Å². The van der Waals surface area contributed by atoms with Gasteiger partial charge in [-0.25, -0.2) is 0 Å². The maximum atomic E-state index is 12.5. The Morgan fingerprint density at radius 2 is 2.19 bits per heavy atom. The summed E-state index contributed by atoms with van der Waals surface area (Å²) in [5.41, 5.74) is 1.96. The first-order chi connectivity index (χ1) is 10.3. The Labute approximate surface area is 128 Å². The molecule has 110 valence electrons. The molecule has 0 saturated heterocycles. The van der Waals surface area contributed by atoms with Crippen molar-refractivity contribution >= 4 is 22.4 Å². The van der Waals surface area contributed by atoms with Gasteiger partial charge < -0.3 is 10.2 Å². The highest BCUT2D eigenvalue weighted by molar-refractivity contribution is 7.15. The smallest absolute Gasteiger partial charge is 0.254 e. The molecule has 0 spiro atoms. The summed E-state index contributed by atoms with van der Waals surface area (Å²) >= 11 is 1.52. The van der Waals surface area contributed by atoms with Gasteiger partial charge in [-0.3, -0.25) is 4.79 Å². The van der Waals surface area contributed by atoms with Crippen molar-refractivity contribution in [3.8, 4) is 0 Å². The topological polar surface area (TPSA) is 58.1 Å². The van der Waals surface area contributed by atoms with Crippen LogP contribution in [-0.4, -0.2) is 34.1 Å². The van der Waals surface area contributed by atoms with Crippen molar-refractivity contribution in [2.45, 2.75) is 26.3 Å². The van der Waals surface area contributed by atoms with Crippen LogP contribution in [0.25, 0.3) is 0 Å². The summed E-state index contributed by atoms with van der Waals surface area (Å²) in [6.45, 7) is 4.29. The van der Waals surface area contributed by atoms with Crippen LogP contribution in [0.5, 0.6) is 0 Å². The van der Waals surface area contributed by atoms with Crippen LogP contribution in [0.15, 0.2) is 24.3 Å². The van der Waals surface area contributed by atoms with Gasteiger partial charge in [-0.05, 0) is 24.5 Å². The number of nitrogens with one attached hydrogen (secondary N) is 1. The number of nitrogens with zero attached hydrogens (tertiary/aromatic N) is 3. The molecule has 1 amide bonds. The quantitative estimate of drug-likeness (QED) is 0.922. The van der Waals surface area contributed by atoms with Gasteiger partial charge >= 0.3 is 0 Å². The van der Waals surface area contributed by atoms with E-state index >= 15 is 0 Å². The average Bonchev–Trinajstić information content (AvgIpc) is 2.96. The van der Waals surface area contributed by atoms with Crippen LogP contribution < -0.4 is 5.32 Å². The van der Waals surface area contributed by atoms with Crippen LogP contribution in [0.2, 0.25) is 0 Å². The van der Waals surface area contributed by atoms with E-state index in [1.165, 1.54) is 11.3 Å². The number of hydrogen-bond donors (Lipinski definition) is 1. The molecule has 0 aliphatic carbocycles. The Hall–Kier alpha value is -1.95. The van der Waals surface area contributed by atoms with Crippen molar-refractivity contribution in [3.63, 3.8) is 0 Å². The van der Waals surface area contributed by atoms with Gasteiger partial charge in [-0.2, -0.15) is 0 Å². The lowest BCUT2D eigenvalue weighted by Gasteiger charge is -2.27. The molecule has 0 saturated carbocycles. The molecule has 0 bridgehead atoms. The molecule has 0 fully saturated rings. The van der Waals surface area contributed by atoms with Gasteiger partial charge in [0.25, 0.3) is 5.91 Å². The van der Waals surface area contributed by atoms with Gasteiger partial charge in [0.05, 0.1) is 6.54 Å². The van der Waals surface area contributed by atoms with E-state index in [1.54, 1.807) is 0 Å². The van der Waals surface area contributed by atoms with Crippen LogP contribution >= 0.6 is 11.3 Å². The first-order valence-electron chi connectivity index (χ1n) is 7.21. The molecule has 6 heteroatoms. The zero-order valence-electron chi connectivity index (χ0n) is 12.0. The summed E-state index contributed by atoms with van der Waals surface area (Å²) in [5, 5.41) is 13.2. The van der Waals surface area contributed by atoms with E-state index in [1.807, 2.05) is 29.2 Å². The van der Waals surface area contributed by atoms with Crippen molar-refractivity contribution in [1.29, 1.82) is 0 Å². The molecular formula is C15H18N4OS. The number of hydrogen-bond acceptors (Lipinski definition) is 5. The van der Waals surface area contributed by atoms with Crippen molar-refractivity contribution in [2.75, 3.05) is 18.4 Å². The van der Waals surface area contributed by atoms with Crippen LogP contribution in [0, 0.1) is 0 Å². The summed E-state index contributed by atoms with van der Waals surface area (Å²) < 4.78 is 0. The third kappa shape index (κ3) is 3.05. The molecule has 3 rings (SSSR count). The number of carbonyl (C=O) groups excluding carboxylic acids is 1. The minimum atomic E-state index is 0.0927. The highest BCUT2D eigenvalue weighted by Gasteiger charge is 2.24. The number of amides is 1. The van der Waals surface area contributed by atoms with E-state index in [0.29, 0.717) is 6.54 Å². The summed E-state index contributed by atoms with van der Waals surface area (Å²) in [5.74, 6) is 0.0927. The predicted octanol–water partition coefficient (Wildman–Crippen LogP) is 2.56. The second kappa shape index (κ2) is 6.22. The van der Waals surface area contributed by atoms with Crippen LogP contribution in [0.3, 0.4) is 0 Å². The fourth-order valence-corrected chi connectivity index (χ4v) is 3.19. The summed E-state index contributed by atoms with van der Waals surface area (Å²) in [4.78, 5) is 14.3. The SMILES string of the molecule is CCCNc1nnc(CN2CCc3ccccc3C2=O)s1. The first-order valence-corrected chi connectivity index (χ1v) is 8.03. The molecule has 2 aromatic rings. The molecule has 0 radical (unpaired) electrons. The number of benzene rings is 1. The molecule has 1 aromatic carbocycles. The lowest BCUT2D eigenvalue weighted by Crippen LogP contribution is -2.36. The number of carbonyl (C=O) groups is 1.